The highest BCUT2D eigenvalue weighted by molar-refractivity contribution is 5.68. The van der Waals surface area contributed by atoms with Crippen molar-refractivity contribution in [2.75, 3.05) is 13.1 Å². The average molecular weight is 314 g/mol. The van der Waals surface area contributed by atoms with Gasteiger partial charge in [0.05, 0.1) is 0 Å². The topological polar surface area (TPSA) is 78.9 Å². The first-order chi connectivity index (χ1) is 10.1. The summed E-state index contributed by atoms with van der Waals surface area (Å²) in [4.78, 5) is 25.2. The Kier molecular flexibility index (Phi) is 6.66. The number of ether oxygens (including phenoxy) is 1. The maximum absolute atomic E-state index is 11.9. The molecule has 0 saturated carbocycles. The van der Waals surface area contributed by atoms with Gasteiger partial charge < -0.3 is 15.2 Å². The molecular weight excluding hydrogens is 284 g/mol. The Morgan fingerprint density at radius 2 is 2.00 bits per heavy atom. The Hall–Kier alpha value is -1.30. The fourth-order valence-electron chi connectivity index (χ4n) is 2.83. The number of carbonyl (C=O) groups excluding carboxylic acids is 1. The molecule has 1 heterocycles. The molecule has 0 aromatic rings. The summed E-state index contributed by atoms with van der Waals surface area (Å²) in [6.07, 6.45) is 1.38. The molecule has 0 radical (unpaired) electrons. The van der Waals surface area contributed by atoms with E-state index < -0.39 is 17.7 Å². The quantitative estimate of drug-likeness (QED) is 0.815. The van der Waals surface area contributed by atoms with E-state index >= 15 is 0 Å². The molecular formula is C16H30N2O4. The highest BCUT2D eigenvalue weighted by Gasteiger charge is 2.32. The van der Waals surface area contributed by atoms with Gasteiger partial charge in [-0.2, -0.15) is 0 Å². The van der Waals surface area contributed by atoms with Gasteiger partial charge in [-0.25, -0.2) is 4.79 Å². The van der Waals surface area contributed by atoms with Crippen LogP contribution in [0, 0.1) is 5.92 Å². The number of nitrogens with one attached hydrogen (secondary N) is 1. The SMILES string of the molecule is CCC(C)N1CC(CC(=O)O)CC(NC(=O)OC(C)(C)C)C1. The summed E-state index contributed by atoms with van der Waals surface area (Å²) in [7, 11) is 0. The number of amides is 1. The second-order valence-corrected chi connectivity index (χ2v) is 7.25. The van der Waals surface area contributed by atoms with Crippen LogP contribution >= 0.6 is 0 Å². The van der Waals surface area contributed by atoms with Crippen LogP contribution in [-0.4, -0.2) is 52.8 Å². The zero-order chi connectivity index (χ0) is 16.9. The summed E-state index contributed by atoms with van der Waals surface area (Å²) >= 11 is 0. The predicted molar refractivity (Wildman–Crippen MR) is 84.8 cm³/mol. The second kappa shape index (κ2) is 7.81. The summed E-state index contributed by atoms with van der Waals surface area (Å²) < 4.78 is 5.29. The van der Waals surface area contributed by atoms with Gasteiger partial charge in [0.2, 0.25) is 0 Å². The Labute approximate surface area is 133 Å². The standard InChI is InChI=1S/C16H30N2O4/c1-6-11(2)18-9-12(8-14(19)20)7-13(10-18)17-15(21)22-16(3,4)5/h11-13H,6-10H2,1-5H3,(H,17,21)(H,19,20). The number of carboxylic acid groups (broad SMARTS) is 1. The first-order valence-corrected chi connectivity index (χ1v) is 8.06. The van der Waals surface area contributed by atoms with Crippen molar-refractivity contribution < 1.29 is 19.4 Å². The molecule has 2 N–H and O–H groups in total. The van der Waals surface area contributed by atoms with Crippen LogP contribution in [0.15, 0.2) is 0 Å². The molecule has 6 heteroatoms. The van der Waals surface area contributed by atoms with E-state index in [1.54, 1.807) is 0 Å². The first-order valence-electron chi connectivity index (χ1n) is 8.06. The average Bonchev–Trinajstić information content (AvgIpc) is 2.34. The smallest absolute Gasteiger partial charge is 0.407 e. The van der Waals surface area contributed by atoms with E-state index in [9.17, 15) is 9.59 Å². The highest BCUT2D eigenvalue weighted by atomic mass is 16.6. The van der Waals surface area contributed by atoms with Gasteiger partial charge in [0.25, 0.3) is 0 Å². The monoisotopic (exact) mass is 314 g/mol. The number of hydrogen-bond donors (Lipinski definition) is 2. The molecule has 1 fully saturated rings. The molecule has 3 atom stereocenters. The molecule has 0 aliphatic carbocycles. The van der Waals surface area contributed by atoms with Crippen molar-refractivity contribution in [3.63, 3.8) is 0 Å². The van der Waals surface area contributed by atoms with Crippen molar-refractivity contribution in [3.05, 3.63) is 0 Å². The van der Waals surface area contributed by atoms with Gasteiger partial charge in [0.1, 0.15) is 5.60 Å². The third-order valence-electron chi connectivity index (χ3n) is 3.96. The molecule has 0 bridgehead atoms. The Balaban J connectivity index is 2.67. The third-order valence-corrected chi connectivity index (χ3v) is 3.96. The van der Waals surface area contributed by atoms with Crippen LogP contribution in [0.1, 0.15) is 53.9 Å². The summed E-state index contributed by atoms with van der Waals surface area (Å²) in [5.41, 5.74) is -0.532. The molecule has 3 unspecified atom stereocenters. The molecule has 6 nitrogen and oxygen atoms in total. The van der Waals surface area contributed by atoms with Crippen LogP contribution in [0.4, 0.5) is 4.79 Å². The minimum Gasteiger partial charge on any atom is -0.481 e. The minimum atomic E-state index is -0.785. The maximum atomic E-state index is 11.9. The number of aliphatic carboxylic acids is 1. The molecule has 1 rings (SSSR count). The van der Waals surface area contributed by atoms with Gasteiger partial charge in [-0.05, 0) is 46.5 Å². The zero-order valence-corrected chi connectivity index (χ0v) is 14.4. The Morgan fingerprint density at radius 3 is 2.50 bits per heavy atom. The van der Waals surface area contributed by atoms with E-state index in [1.165, 1.54) is 0 Å². The molecule has 1 aliphatic rings. The van der Waals surface area contributed by atoms with Gasteiger partial charge in [-0.3, -0.25) is 9.69 Å². The normalized spacial score (nSPS) is 24.6. The Morgan fingerprint density at radius 1 is 1.36 bits per heavy atom. The van der Waals surface area contributed by atoms with Crippen molar-refractivity contribution >= 4 is 12.1 Å². The van der Waals surface area contributed by atoms with Gasteiger partial charge in [-0.15, -0.1) is 0 Å². The van der Waals surface area contributed by atoms with Crippen LogP contribution in [0.5, 0.6) is 0 Å². The van der Waals surface area contributed by atoms with Crippen molar-refractivity contribution in [1.29, 1.82) is 0 Å². The van der Waals surface area contributed by atoms with E-state index in [2.05, 4.69) is 24.1 Å². The zero-order valence-electron chi connectivity index (χ0n) is 14.4. The molecule has 0 spiro atoms. The molecule has 1 amide bonds. The molecule has 1 saturated heterocycles. The molecule has 22 heavy (non-hydrogen) atoms. The van der Waals surface area contributed by atoms with E-state index in [-0.39, 0.29) is 18.4 Å². The minimum absolute atomic E-state index is 0.0557. The number of carbonyl (C=O) groups is 2. The van der Waals surface area contributed by atoms with Gasteiger partial charge >= 0.3 is 12.1 Å². The van der Waals surface area contributed by atoms with Crippen LogP contribution in [0.2, 0.25) is 0 Å². The highest BCUT2D eigenvalue weighted by Crippen LogP contribution is 2.23. The number of alkyl carbamates (subject to hydrolysis) is 1. The lowest BCUT2D eigenvalue weighted by Gasteiger charge is -2.40. The van der Waals surface area contributed by atoms with Crippen molar-refractivity contribution in [2.45, 2.75) is 71.6 Å². The first kappa shape index (κ1) is 18.7. The fraction of sp³-hybridized carbons (Fsp3) is 0.875. The molecule has 1 aliphatic heterocycles. The van der Waals surface area contributed by atoms with Crippen LogP contribution < -0.4 is 5.32 Å². The van der Waals surface area contributed by atoms with Crippen molar-refractivity contribution in [3.8, 4) is 0 Å². The predicted octanol–water partition coefficient (Wildman–Crippen LogP) is 2.47. The van der Waals surface area contributed by atoms with Crippen molar-refractivity contribution in [1.82, 2.24) is 10.2 Å². The summed E-state index contributed by atoms with van der Waals surface area (Å²) in [5, 5.41) is 11.9. The number of rotatable bonds is 5. The van der Waals surface area contributed by atoms with Gasteiger partial charge in [0, 0.05) is 31.6 Å². The molecule has 0 aromatic carbocycles. The fourth-order valence-corrected chi connectivity index (χ4v) is 2.83. The van der Waals surface area contributed by atoms with Gasteiger partial charge in [-0.1, -0.05) is 6.92 Å². The largest absolute Gasteiger partial charge is 0.481 e. The van der Waals surface area contributed by atoms with Crippen LogP contribution in [0.3, 0.4) is 0 Å². The van der Waals surface area contributed by atoms with E-state index in [4.69, 9.17) is 9.84 Å². The summed E-state index contributed by atoms with van der Waals surface area (Å²) in [6, 6.07) is 0.307. The van der Waals surface area contributed by atoms with Crippen LogP contribution in [0.25, 0.3) is 0 Å². The van der Waals surface area contributed by atoms with E-state index in [0.717, 1.165) is 19.5 Å². The molecule has 0 aromatic heterocycles. The maximum Gasteiger partial charge on any atom is 0.407 e. The van der Waals surface area contributed by atoms with Crippen LogP contribution in [-0.2, 0) is 9.53 Å². The van der Waals surface area contributed by atoms with Crippen molar-refractivity contribution in [2.24, 2.45) is 5.92 Å². The number of likely N-dealkylation sites (tertiary alicyclic amines) is 1. The lowest BCUT2D eigenvalue weighted by molar-refractivity contribution is -0.138. The lowest BCUT2D eigenvalue weighted by Crippen LogP contribution is -2.54. The van der Waals surface area contributed by atoms with Gasteiger partial charge in [0.15, 0.2) is 0 Å². The number of hydrogen-bond acceptors (Lipinski definition) is 4. The van der Waals surface area contributed by atoms with E-state index in [1.807, 2.05) is 20.8 Å². The number of nitrogens with zero attached hydrogens (tertiary/aromatic N) is 1. The summed E-state index contributed by atoms with van der Waals surface area (Å²) in [6.45, 7) is 11.2. The number of piperidine rings is 1. The molecule has 128 valence electrons. The number of carboxylic acids is 1. The van der Waals surface area contributed by atoms with E-state index in [0.29, 0.717) is 12.5 Å². The Bertz CT molecular complexity index is 392. The third kappa shape index (κ3) is 6.64. The summed E-state index contributed by atoms with van der Waals surface area (Å²) in [5.74, 6) is -0.729. The second-order valence-electron chi connectivity index (χ2n) is 7.25. The lowest BCUT2D eigenvalue weighted by atomic mass is 9.90.